The van der Waals surface area contributed by atoms with Crippen LogP contribution in [0.5, 0.6) is 5.75 Å². The Morgan fingerprint density at radius 1 is 1.19 bits per heavy atom. The fraction of sp³-hybridized carbons (Fsp3) is 0.0526. The maximum absolute atomic E-state index is 12.8. The first-order valence-electron chi connectivity index (χ1n) is 7.67. The van der Waals surface area contributed by atoms with E-state index in [2.05, 4.69) is 5.32 Å². The van der Waals surface area contributed by atoms with Crippen molar-refractivity contribution in [3.63, 3.8) is 0 Å². The Morgan fingerprint density at radius 2 is 1.85 bits per heavy atom. The summed E-state index contributed by atoms with van der Waals surface area (Å²) in [5.41, 5.74) is 7.40. The Bertz CT molecular complexity index is 1060. The number of anilines is 3. The number of nitrogen functional groups attached to an aromatic ring is 1. The van der Waals surface area contributed by atoms with E-state index in [4.69, 9.17) is 33.7 Å². The summed E-state index contributed by atoms with van der Waals surface area (Å²) in [6, 6.07) is 13.6. The quantitative estimate of drug-likeness (QED) is 0.535. The van der Waals surface area contributed by atoms with Gasteiger partial charge in [-0.1, -0.05) is 23.2 Å². The van der Waals surface area contributed by atoms with Crippen molar-refractivity contribution in [3.05, 3.63) is 68.5 Å². The molecule has 0 saturated carbocycles. The highest BCUT2D eigenvalue weighted by atomic mass is 35.5. The van der Waals surface area contributed by atoms with Crippen LogP contribution in [0.3, 0.4) is 0 Å². The molecule has 0 bridgehead atoms. The number of nitrogens with two attached hydrogens (primary N) is 1. The van der Waals surface area contributed by atoms with Crippen LogP contribution in [0.25, 0.3) is 0 Å². The van der Waals surface area contributed by atoms with Crippen molar-refractivity contribution in [2.24, 2.45) is 0 Å². The van der Waals surface area contributed by atoms with Crippen LogP contribution in [0.1, 0.15) is 20.8 Å². The van der Waals surface area contributed by atoms with Gasteiger partial charge in [-0.3, -0.25) is 4.79 Å². The molecule has 0 radical (unpaired) electrons. The van der Waals surface area contributed by atoms with E-state index in [0.717, 1.165) is 11.3 Å². The Balaban J connectivity index is 2.02. The van der Waals surface area contributed by atoms with Gasteiger partial charge in [0.1, 0.15) is 27.3 Å². The van der Waals surface area contributed by atoms with E-state index in [0.29, 0.717) is 32.0 Å². The van der Waals surface area contributed by atoms with Crippen molar-refractivity contribution in [2.75, 3.05) is 18.2 Å². The molecule has 0 saturated heterocycles. The molecule has 0 spiro atoms. The Kier molecular flexibility index (Phi) is 5.57. The van der Waals surface area contributed by atoms with E-state index < -0.39 is 0 Å². The normalized spacial score (nSPS) is 10.3. The van der Waals surface area contributed by atoms with Crippen LogP contribution in [-0.4, -0.2) is 12.9 Å². The van der Waals surface area contributed by atoms with Gasteiger partial charge in [-0.25, -0.2) is 0 Å². The highest BCUT2D eigenvalue weighted by molar-refractivity contribution is 7.19. The number of methoxy groups -OCH3 is 1. The number of hydrogen-bond donors (Lipinski definition) is 2. The molecule has 0 unspecified atom stereocenters. The number of ether oxygens (including phenoxy) is 1. The summed E-state index contributed by atoms with van der Waals surface area (Å²) in [6.45, 7) is 0. The van der Waals surface area contributed by atoms with E-state index in [9.17, 15) is 10.1 Å². The first-order chi connectivity index (χ1) is 12.9. The molecule has 1 heterocycles. The second-order valence-corrected chi connectivity index (χ2v) is 7.36. The highest BCUT2D eigenvalue weighted by Gasteiger charge is 2.23. The largest absolute Gasteiger partial charge is 0.495 e. The number of ketones is 1. The predicted octanol–water partition coefficient (Wildman–Crippen LogP) is 5.49. The van der Waals surface area contributed by atoms with E-state index >= 15 is 0 Å². The number of thiophene rings is 1. The Labute approximate surface area is 169 Å². The lowest BCUT2D eigenvalue weighted by molar-refractivity contribution is 0.104. The molecule has 8 heteroatoms. The first-order valence-corrected chi connectivity index (χ1v) is 9.25. The summed E-state index contributed by atoms with van der Waals surface area (Å²) >= 11 is 13.0. The van der Waals surface area contributed by atoms with Crippen molar-refractivity contribution in [2.45, 2.75) is 0 Å². The van der Waals surface area contributed by atoms with E-state index in [1.54, 1.807) is 42.5 Å². The van der Waals surface area contributed by atoms with Crippen LogP contribution < -0.4 is 15.8 Å². The third-order valence-electron chi connectivity index (χ3n) is 3.78. The molecule has 3 N–H and O–H groups in total. The van der Waals surface area contributed by atoms with Crippen molar-refractivity contribution in [3.8, 4) is 11.8 Å². The average molecular weight is 418 g/mol. The molecule has 0 aliphatic carbocycles. The molecule has 2 aromatic carbocycles. The number of carbonyl (C=O) groups is 1. The minimum atomic E-state index is -0.281. The van der Waals surface area contributed by atoms with Gasteiger partial charge in [-0.2, -0.15) is 5.26 Å². The predicted molar refractivity (Wildman–Crippen MR) is 110 cm³/mol. The van der Waals surface area contributed by atoms with Crippen LogP contribution in [0.15, 0.2) is 42.5 Å². The van der Waals surface area contributed by atoms with Gasteiger partial charge >= 0.3 is 0 Å². The summed E-state index contributed by atoms with van der Waals surface area (Å²) in [7, 11) is 1.53. The summed E-state index contributed by atoms with van der Waals surface area (Å²) in [6.07, 6.45) is 0. The summed E-state index contributed by atoms with van der Waals surface area (Å²) < 4.78 is 5.30. The average Bonchev–Trinajstić information content (AvgIpc) is 2.97. The van der Waals surface area contributed by atoms with Gasteiger partial charge in [0.25, 0.3) is 0 Å². The maximum atomic E-state index is 12.8. The zero-order valence-corrected chi connectivity index (χ0v) is 16.4. The molecule has 0 atom stereocenters. The standard InChI is InChI=1S/C19H13Cl2N3O2S/c1-26-15-7-6-12(21)8-14(15)24-19-13(9-22)16(23)18(27-19)17(25)10-2-4-11(20)5-3-10/h2-8,24H,23H2,1H3. The number of benzene rings is 2. The van der Waals surface area contributed by atoms with Gasteiger partial charge in [0.2, 0.25) is 5.78 Å². The minimum absolute atomic E-state index is 0.131. The number of carbonyl (C=O) groups excluding carboxylic acids is 1. The van der Waals surface area contributed by atoms with Gasteiger partial charge in [0, 0.05) is 15.6 Å². The molecule has 0 amide bonds. The van der Waals surface area contributed by atoms with Crippen LogP contribution in [-0.2, 0) is 0 Å². The van der Waals surface area contributed by atoms with E-state index in [-0.39, 0.29) is 21.9 Å². The van der Waals surface area contributed by atoms with Gasteiger partial charge in [0.15, 0.2) is 0 Å². The summed E-state index contributed by atoms with van der Waals surface area (Å²) in [5, 5.41) is 14.1. The molecule has 0 aliphatic heterocycles. The molecule has 0 fully saturated rings. The maximum Gasteiger partial charge on any atom is 0.205 e. The number of rotatable bonds is 5. The van der Waals surface area contributed by atoms with Crippen LogP contribution in [0, 0.1) is 11.3 Å². The van der Waals surface area contributed by atoms with Crippen molar-refractivity contribution >= 4 is 56.7 Å². The third-order valence-corrected chi connectivity index (χ3v) is 5.39. The minimum Gasteiger partial charge on any atom is -0.495 e. The van der Waals surface area contributed by atoms with Crippen LogP contribution in [0.4, 0.5) is 16.4 Å². The summed E-state index contributed by atoms with van der Waals surface area (Å²) in [4.78, 5) is 13.1. The smallest absolute Gasteiger partial charge is 0.205 e. The Hall–Kier alpha value is -2.72. The van der Waals surface area contributed by atoms with Crippen molar-refractivity contribution in [1.29, 1.82) is 5.26 Å². The fourth-order valence-electron chi connectivity index (χ4n) is 2.44. The zero-order valence-electron chi connectivity index (χ0n) is 14.0. The molecule has 3 aromatic rings. The van der Waals surface area contributed by atoms with Crippen molar-refractivity contribution in [1.82, 2.24) is 0 Å². The SMILES string of the molecule is COc1ccc(Cl)cc1Nc1sc(C(=O)c2ccc(Cl)cc2)c(N)c1C#N. The molecule has 3 rings (SSSR count). The molecular formula is C19H13Cl2N3O2S. The van der Waals surface area contributed by atoms with Gasteiger partial charge < -0.3 is 15.8 Å². The number of nitrogens with zero attached hydrogens (tertiary/aromatic N) is 1. The molecule has 27 heavy (non-hydrogen) atoms. The van der Waals surface area contributed by atoms with Crippen LogP contribution in [0.2, 0.25) is 10.0 Å². The lowest BCUT2D eigenvalue weighted by Crippen LogP contribution is -2.02. The third kappa shape index (κ3) is 3.86. The lowest BCUT2D eigenvalue weighted by atomic mass is 10.1. The monoisotopic (exact) mass is 417 g/mol. The summed E-state index contributed by atoms with van der Waals surface area (Å²) in [5.74, 6) is 0.262. The molecule has 1 aromatic heterocycles. The van der Waals surface area contributed by atoms with E-state index in [1.807, 2.05) is 6.07 Å². The highest BCUT2D eigenvalue weighted by Crippen LogP contribution is 2.40. The second-order valence-electron chi connectivity index (χ2n) is 5.47. The topological polar surface area (TPSA) is 88.1 Å². The van der Waals surface area contributed by atoms with Gasteiger partial charge in [-0.15, -0.1) is 11.3 Å². The van der Waals surface area contributed by atoms with Crippen LogP contribution >= 0.6 is 34.5 Å². The zero-order chi connectivity index (χ0) is 19.6. The van der Waals surface area contributed by atoms with Gasteiger partial charge in [0.05, 0.1) is 18.5 Å². The molecular weight excluding hydrogens is 405 g/mol. The number of nitrogens with one attached hydrogen (secondary N) is 1. The second kappa shape index (κ2) is 7.89. The first kappa shape index (κ1) is 19.1. The molecule has 136 valence electrons. The van der Waals surface area contributed by atoms with Gasteiger partial charge in [-0.05, 0) is 42.5 Å². The number of nitriles is 1. The van der Waals surface area contributed by atoms with E-state index in [1.165, 1.54) is 7.11 Å². The number of hydrogen-bond acceptors (Lipinski definition) is 6. The fourth-order valence-corrected chi connectivity index (χ4v) is 3.79. The number of halogens is 2. The lowest BCUT2D eigenvalue weighted by Gasteiger charge is -2.10. The van der Waals surface area contributed by atoms with Crippen molar-refractivity contribution < 1.29 is 9.53 Å². The molecule has 5 nitrogen and oxygen atoms in total. The molecule has 0 aliphatic rings. The Morgan fingerprint density at radius 3 is 2.48 bits per heavy atom.